The molecule has 2 aromatic heterocycles. The van der Waals surface area contributed by atoms with Gasteiger partial charge in [-0.3, -0.25) is 0 Å². The van der Waals surface area contributed by atoms with Crippen molar-refractivity contribution in [2.24, 2.45) is 5.92 Å². The fourth-order valence-electron chi connectivity index (χ4n) is 1.28. The van der Waals surface area contributed by atoms with E-state index in [-0.39, 0.29) is 0 Å². The largest absolute Gasteiger partial charge is 0.243 e. The van der Waals surface area contributed by atoms with E-state index >= 15 is 0 Å². The smallest absolute Gasteiger partial charge is 0.129 e. The summed E-state index contributed by atoms with van der Waals surface area (Å²) in [5, 5.41) is 0. The molecule has 0 bridgehead atoms. The quantitative estimate of drug-likeness (QED) is 0.718. The maximum absolute atomic E-state index is 4.38. The van der Waals surface area contributed by atoms with Crippen LogP contribution in [0.2, 0.25) is 0 Å². The molecule has 72 valence electrons. The van der Waals surface area contributed by atoms with Gasteiger partial charge >= 0.3 is 0 Å². The summed E-state index contributed by atoms with van der Waals surface area (Å²) in [6, 6.07) is 0. The first-order valence-corrected chi connectivity index (χ1v) is 4.67. The lowest BCUT2D eigenvalue weighted by Crippen LogP contribution is -2.01. The van der Waals surface area contributed by atoms with Crippen LogP contribution in [0.5, 0.6) is 0 Å². The Morgan fingerprint density at radius 2 is 2.00 bits per heavy atom. The molecule has 0 aliphatic rings. The predicted molar refractivity (Wildman–Crippen MR) is 53.7 cm³/mol. The van der Waals surface area contributed by atoms with Gasteiger partial charge in [0, 0.05) is 6.42 Å². The van der Waals surface area contributed by atoms with Gasteiger partial charge in [0.2, 0.25) is 0 Å². The summed E-state index contributed by atoms with van der Waals surface area (Å²) in [5.41, 5.74) is 1.62. The topological polar surface area (TPSA) is 51.6 Å². The lowest BCUT2D eigenvalue weighted by Gasteiger charge is -2.03. The molecule has 0 aliphatic carbocycles. The van der Waals surface area contributed by atoms with Crippen LogP contribution in [-0.4, -0.2) is 19.9 Å². The molecule has 2 rings (SSSR count). The molecule has 0 atom stereocenters. The summed E-state index contributed by atoms with van der Waals surface area (Å²) in [6.07, 6.45) is 5.87. The molecule has 14 heavy (non-hydrogen) atoms. The van der Waals surface area contributed by atoms with Crippen LogP contribution in [0.15, 0.2) is 18.7 Å². The van der Waals surface area contributed by atoms with Crippen molar-refractivity contribution in [3.05, 3.63) is 24.5 Å². The zero-order valence-corrected chi connectivity index (χ0v) is 8.31. The van der Waals surface area contributed by atoms with E-state index in [4.69, 9.17) is 0 Å². The lowest BCUT2D eigenvalue weighted by atomic mass is 10.1. The van der Waals surface area contributed by atoms with Crippen molar-refractivity contribution >= 4 is 11.0 Å². The van der Waals surface area contributed by atoms with Crippen LogP contribution >= 0.6 is 0 Å². The minimum Gasteiger partial charge on any atom is -0.243 e. The number of aromatic nitrogens is 4. The molecule has 0 unspecified atom stereocenters. The Morgan fingerprint density at radius 3 is 2.79 bits per heavy atom. The SMILES string of the molecule is CC(C)Cc1ncc2ncncc2n1. The highest BCUT2D eigenvalue weighted by Crippen LogP contribution is 2.07. The summed E-state index contributed by atoms with van der Waals surface area (Å²) in [7, 11) is 0. The first kappa shape index (κ1) is 8.99. The molecule has 0 amide bonds. The number of fused-ring (bicyclic) bond motifs is 1. The van der Waals surface area contributed by atoms with Gasteiger partial charge in [0.15, 0.2) is 0 Å². The Hall–Kier alpha value is -1.58. The molecule has 2 heterocycles. The van der Waals surface area contributed by atoms with E-state index in [1.165, 1.54) is 6.33 Å². The molecule has 0 aliphatic heterocycles. The van der Waals surface area contributed by atoms with Crippen molar-refractivity contribution in [2.45, 2.75) is 20.3 Å². The Labute approximate surface area is 82.5 Å². The van der Waals surface area contributed by atoms with Crippen LogP contribution in [0.1, 0.15) is 19.7 Å². The summed E-state index contributed by atoms with van der Waals surface area (Å²) in [6.45, 7) is 4.30. The maximum Gasteiger partial charge on any atom is 0.129 e. The van der Waals surface area contributed by atoms with Gasteiger partial charge in [0.1, 0.15) is 23.2 Å². The van der Waals surface area contributed by atoms with Crippen molar-refractivity contribution in [2.75, 3.05) is 0 Å². The first-order chi connectivity index (χ1) is 6.75. The van der Waals surface area contributed by atoms with Gasteiger partial charge in [-0.05, 0) is 5.92 Å². The minimum absolute atomic E-state index is 0.567. The molecule has 0 fully saturated rings. The van der Waals surface area contributed by atoms with Crippen molar-refractivity contribution in [3.63, 3.8) is 0 Å². The molecule has 4 heteroatoms. The summed E-state index contributed by atoms with van der Waals surface area (Å²) < 4.78 is 0. The van der Waals surface area contributed by atoms with E-state index in [0.29, 0.717) is 5.92 Å². The van der Waals surface area contributed by atoms with E-state index in [9.17, 15) is 0 Å². The molecular weight excluding hydrogens is 176 g/mol. The van der Waals surface area contributed by atoms with Gasteiger partial charge in [-0.1, -0.05) is 13.8 Å². The third-order valence-corrected chi connectivity index (χ3v) is 1.90. The lowest BCUT2D eigenvalue weighted by molar-refractivity contribution is 0.622. The second-order valence-electron chi connectivity index (χ2n) is 3.68. The third-order valence-electron chi connectivity index (χ3n) is 1.90. The second-order valence-corrected chi connectivity index (χ2v) is 3.68. The number of hydrogen-bond donors (Lipinski definition) is 0. The molecule has 0 aromatic carbocycles. The second kappa shape index (κ2) is 3.65. The van der Waals surface area contributed by atoms with E-state index in [1.807, 2.05) is 0 Å². The molecular formula is C10H12N4. The first-order valence-electron chi connectivity index (χ1n) is 4.67. The number of rotatable bonds is 2. The van der Waals surface area contributed by atoms with E-state index in [2.05, 4.69) is 33.8 Å². The van der Waals surface area contributed by atoms with E-state index < -0.39 is 0 Å². The highest BCUT2D eigenvalue weighted by Gasteiger charge is 2.02. The van der Waals surface area contributed by atoms with Crippen LogP contribution in [0.25, 0.3) is 11.0 Å². The van der Waals surface area contributed by atoms with E-state index in [1.54, 1.807) is 12.4 Å². The number of nitrogens with zero attached hydrogens (tertiary/aromatic N) is 4. The van der Waals surface area contributed by atoms with Gasteiger partial charge in [-0.2, -0.15) is 0 Å². The fraction of sp³-hybridized carbons (Fsp3) is 0.400. The third kappa shape index (κ3) is 1.84. The molecule has 4 nitrogen and oxygen atoms in total. The normalized spacial score (nSPS) is 11.1. The minimum atomic E-state index is 0.567. The average molecular weight is 188 g/mol. The molecule has 0 N–H and O–H groups in total. The van der Waals surface area contributed by atoms with Crippen molar-refractivity contribution in [1.82, 2.24) is 19.9 Å². The standard InChI is InChI=1S/C10H12N4/c1-7(2)3-10-12-5-8-9(14-10)4-11-6-13-8/h4-7H,3H2,1-2H3. The van der Waals surface area contributed by atoms with Gasteiger partial charge in [0.25, 0.3) is 0 Å². The Bertz CT molecular complexity index is 439. The summed E-state index contributed by atoms with van der Waals surface area (Å²) in [5.74, 6) is 1.43. The maximum atomic E-state index is 4.38. The zero-order valence-electron chi connectivity index (χ0n) is 8.31. The molecule has 0 radical (unpaired) electrons. The van der Waals surface area contributed by atoms with Gasteiger partial charge in [-0.25, -0.2) is 19.9 Å². The van der Waals surface area contributed by atoms with Gasteiger partial charge < -0.3 is 0 Å². The van der Waals surface area contributed by atoms with E-state index in [0.717, 1.165) is 23.3 Å². The Kier molecular flexibility index (Phi) is 2.35. The van der Waals surface area contributed by atoms with Crippen LogP contribution in [0.3, 0.4) is 0 Å². The van der Waals surface area contributed by atoms with Crippen molar-refractivity contribution < 1.29 is 0 Å². The predicted octanol–water partition coefficient (Wildman–Crippen LogP) is 1.62. The highest BCUT2D eigenvalue weighted by atomic mass is 14.9. The monoisotopic (exact) mass is 188 g/mol. The molecule has 0 saturated carbocycles. The number of hydrogen-bond acceptors (Lipinski definition) is 4. The molecule has 0 spiro atoms. The highest BCUT2D eigenvalue weighted by molar-refractivity contribution is 5.71. The van der Waals surface area contributed by atoms with Crippen LogP contribution in [0, 0.1) is 5.92 Å². The van der Waals surface area contributed by atoms with Crippen LogP contribution in [0.4, 0.5) is 0 Å². The Balaban J connectivity index is 2.41. The van der Waals surface area contributed by atoms with Crippen molar-refractivity contribution in [1.29, 1.82) is 0 Å². The summed E-state index contributed by atoms with van der Waals surface area (Å²) in [4.78, 5) is 16.6. The summed E-state index contributed by atoms with van der Waals surface area (Å²) >= 11 is 0. The average Bonchev–Trinajstić information content (AvgIpc) is 2.17. The van der Waals surface area contributed by atoms with Gasteiger partial charge in [0.05, 0.1) is 12.4 Å². The van der Waals surface area contributed by atoms with Crippen LogP contribution < -0.4 is 0 Å². The zero-order chi connectivity index (χ0) is 9.97. The molecule has 0 saturated heterocycles. The van der Waals surface area contributed by atoms with Crippen molar-refractivity contribution in [3.8, 4) is 0 Å². The van der Waals surface area contributed by atoms with Crippen LogP contribution in [-0.2, 0) is 6.42 Å². The molecule has 2 aromatic rings. The fourth-order valence-corrected chi connectivity index (χ4v) is 1.28. The van der Waals surface area contributed by atoms with Gasteiger partial charge in [-0.15, -0.1) is 0 Å². The Morgan fingerprint density at radius 1 is 1.14 bits per heavy atom.